The summed E-state index contributed by atoms with van der Waals surface area (Å²) in [5.74, 6) is 1.02. The Kier molecular flexibility index (Phi) is 11.8. The van der Waals surface area contributed by atoms with Crippen molar-refractivity contribution in [2.75, 3.05) is 33.4 Å². The first-order valence-electron chi connectivity index (χ1n) is 12.1. The summed E-state index contributed by atoms with van der Waals surface area (Å²) >= 11 is 12.7. The topological polar surface area (TPSA) is 88.1 Å². The SMILES string of the molecule is CCCN(CCC)S(=O)(=O)c1ccc(OC[C@H](O)CNC(C)(C)Cc2ccc(OC)cc2)c(Cl)c1Cl. The van der Waals surface area contributed by atoms with Gasteiger partial charge in [-0.25, -0.2) is 8.42 Å². The molecule has 0 bridgehead atoms. The fourth-order valence-corrected chi connectivity index (χ4v) is 6.19. The number of benzene rings is 2. The van der Waals surface area contributed by atoms with Gasteiger partial charge in [0.05, 0.1) is 12.1 Å². The van der Waals surface area contributed by atoms with Crippen molar-refractivity contribution in [2.45, 2.75) is 63.5 Å². The molecule has 0 spiro atoms. The largest absolute Gasteiger partial charge is 0.497 e. The minimum atomic E-state index is -3.79. The Bertz CT molecular complexity index is 1070. The van der Waals surface area contributed by atoms with Crippen LogP contribution >= 0.6 is 23.2 Å². The molecule has 7 nitrogen and oxygen atoms in total. The van der Waals surface area contributed by atoms with E-state index in [0.29, 0.717) is 32.5 Å². The van der Waals surface area contributed by atoms with Gasteiger partial charge in [0.1, 0.15) is 34.1 Å². The molecule has 0 aliphatic rings. The third-order valence-electron chi connectivity index (χ3n) is 5.63. The first kappa shape index (κ1) is 30.7. The van der Waals surface area contributed by atoms with E-state index in [-0.39, 0.29) is 32.8 Å². The summed E-state index contributed by atoms with van der Waals surface area (Å²) in [5.41, 5.74) is 0.877. The summed E-state index contributed by atoms with van der Waals surface area (Å²) in [6.07, 6.45) is 1.32. The lowest BCUT2D eigenvalue weighted by Crippen LogP contribution is -2.46. The Morgan fingerprint density at radius 1 is 1.03 bits per heavy atom. The van der Waals surface area contributed by atoms with Crippen molar-refractivity contribution < 1.29 is 23.0 Å². The molecular formula is C26H38Cl2N2O5S. The lowest BCUT2D eigenvalue weighted by molar-refractivity contribution is 0.0988. The lowest BCUT2D eigenvalue weighted by atomic mass is 9.94. The first-order chi connectivity index (χ1) is 16.9. The molecule has 0 amide bonds. The highest BCUT2D eigenvalue weighted by atomic mass is 35.5. The maximum absolute atomic E-state index is 13.1. The van der Waals surface area contributed by atoms with Gasteiger partial charge in [0.2, 0.25) is 10.0 Å². The predicted octanol–water partition coefficient (Wildman–Crippen LogP) is 5.16. The molecule has 202 valence electrons. The normalized spacial score (nSPS) is 13.1. The smallest absolute Gasteiger partial charge is 0.244 e. The highest BCUT2D eigenvalue weighted by Crippen LogP contribution is 2.38. The highest BCUT2D eigenvalue weighted by Gasteiger charge is 2.28. The van der Waals surface area contributed by atoms with Gasteiger partial charge in [-0.3, -0.25) is 0 Å². The number of halogens is 2. The maximum Gasteiger partial charge on any atom is 0.244 e. The molecule has 2 aromatic rings. The molecule has 0 aliphatic carbocycles. The van der Waals surface area contributed by atoms with Crippen molar-refractivity contribution >= 4 is 33.2 Å². The maximum atomic E-state index is 13.1. The Morgan fingerprint density at radius 2 is 1.64 bits per heavy atom. The summed E-state index contributed by atoms with van der Waals surface area (Å²) in [6, 6.07) is 10.8. The molecule has 10 heteroatoms. The van der Waals surface area contributed by atoms with Crippen molar-refractivity contribution in [2.24, 2.45) is 0 Å². The van der Waals surface area contributed by atoms with E-state index in [0.717, 1.165) is 17.7 Å². The molecule has 2 aromatic carbocycles. The monoisotopic (exact) mass is 560 g/mol. The third-order valence-corrected chi connectivity index (χ3v) is 8.55. The van der Waals surface area contributed by atoms with Gasteiger partial charge >= 0.3 is 0 Å². The van der Waals surface area contributed by atoms with Crippen molar-refractivity contribution in [1.82, 2.24) is 9.62 Å². The minimum absolute atomic E-state index is 0.00526. The number of ether oxygens (including phenoxy) is 2. The van der Waals surface area contributed by atoms with E-state index in [2.05, 4.69) is 19.2 Å². The number of nitrogens with one attached hydrogen (secondary N) is 1. The number of sulfonamides is 1. The molecule has 0 unspecified atom stereocenters. The summed E-state index contributed by atoms with van der Waals surface area (Å²) in [4.78, 5) is -0.0501. The van der Waals surface area contributed by atoms with Crippen LogP contribution in [0.2, 0.25) is 10.0 Å². The van der Waals surface area contributed by atoms with Gasteiger partial charge in [-0.05, 0) is 62.9 Å². The van der Waals surface area contributed by atoms with Crippen LogP contribution in [-0.2, 0) is 16.4 Å². The van der Waals surface area contributed by atoms with Crippen LogP contribution in [0.3, 0.4) is 0 Å². The van der Waals surface area contributed by atoms with Crippen LogP contribution < -0.4 is 14.8 Å². The Morgan fingerprint density at radius 3 is 2.19 bits per heavy atom. The van der Waals surface area contributed by atoms with E-state index in [1.54, 1.807) is 7.11 Å². The number of aliphatic hydroxyl groups excluding tert-OH is 1. The van der Waals surface area contributed by atoms with Gasteiger partial charge in [-0.2, -0.15) is 4.31 Å². The van der Waals surface area contributed by atoms with Gasteiger partial charge in [-0.15, -0.1) is 0 Å². The Balaban J connectivity index is 1.98. The van der Waals surface area contributed by atoms with Gasteiger partial charge in [0, 0.05) is 25.2 Å². The molecule has 0 aromatic heterocycles. The number of nitrogens with zero attached hydrogens (tertiary/aromatic N) is 1. The van der Waals surface area contributed by atoms with Crippen molar-refractivity contribution in [3.05, 3.63) is 52.0 Å². The van der Waals surface area contributed by atoms with Crippen LogP contribution in [0.25, 0.3) is 0 Å². The van der Waals surface area contributed by atoms with Crippen LogP contribution in [0.15, 0.2) is 41.3 Å². The zero-order valence-corrected chi connectivity index (χ0v) is 24.0. The molecule has 0 aliphatic heterocycles. The van der Waals surface area contributed by atoms with Crippen LogP contribution in [0.1, 0.15) is 46.1 Å². The van der Waals surface area contributed by atoms with E-state index >= 15 is 0 Å². The van der Waals surface area contributed by atoms with E-state index < -0.39 is 16.1 Å². The van der Waals surface area contributed by atoms with Crippen molar-refractivity contribution in [3.63, 3.8) is 0 Å². The van der Waals surface area contributed by atoms with Gasteiger partial charge in [-0.1, -0.05) is 49.2 Å². The molecule has 0 radical (unpaired) electrons. The third kappa shape index (κ3) is 8.50. The second kappa shape index (κ2) is 13.8. The number of rotatable bonds is 15. The van der Waals surface area contributed by atoms with Gasteiger partial charge in [0.25, 0.3) is 0 Å². The second-order valence-electron chi connectivity index (χ2n) is 9.35. The fourth-order valence-electron chi connectivity index (χ4n) is 3.77. The van der Waals surface area contributed by atoms with E-state index in [9.17, 15) is 13.5 Å². The molecule has 0 saturated carbocycles. The predicted molar refractivity (Wildman–Crippen MR) is 146 cm³/mol. The molecule has 0 heterocycles. The number of hydrogen-bond acceptors (Lipinski definition) is 6. The van der Waals surface area contributed by atoms with Crippen molar-refractivity contribution in [1.29, 1.82) is 0 Å². The van der Waals surface area contributed by atoms with Crippen molar-refractivity contribution in [3.8, 4) is 11.5 Å². The summed E-state index contributed by atoms with van der Waals surface area (Å²) in [5, 5.41) is 13.7. The summed E-state index contributed by atoms with van der Waals surface area (Å²) < 4.78 is 38.5. The zero-order chi connectivity index (χ0) is 26.9. The molecule has 0 fully saturated rings. The molecule has 36 heavy (non-hydrogen) atoms. The average molecular weight is 562 g/mol. The van der Waals surface area contributed by atoms with Crippen LogP contribution in [-0.4, -0.2) is 62.8 Å². The van der Waals surface area contributed by atoms with Gasteiger partial charge < -0.3 is 19.9 Å². The molecule has 1 atom stereocenters. The van der Waals surface area contributed by atoms with Gasteiger partial charge in [0.15, 0.2) is 0 Å². The van der Waals surface area contributed by atoms with E-state index in [1.807, 2.05) is 38.1 Å². The number of aliphatic hydroxyl groups is 1. The molecule has 2 N–H and O–H groups in total. The number of methoxy groups -OCH3 is 1. The Labute approximate surface area is 225 Å². The first-order valence-corrected chi connectivity index (χ1v) is 14.3. The minimum Gasteiger partial charge on any atom is -0.497 e. The molecule has 0 saturated heterocycles. The van der Waals surface area contributed by atoms with Crippen LogP contribution in [0.5, 0.6) is 11.5 Å². The quantitative estimate of drug-likeness (QED) is 0.312. The van der Waals surface area contributed by atoms with Crippen LogP contribution in [0.4, 0.5) is 0 Å². The van der Waals surface area contributed by atoms with E-state index in [4.69, 9.17) is 32.7 Å². The molecule has 2 rings (SSSR count). The lowest BCUT2D eigenvalue weighted by Gasteiger charge is -2.28. The fraction of sp³-hybridized carbons (Fsp3) is 0.538. The Hall–Kier alpha value is -1.55. The summed E-state index contributed by atoms with van der Waals surface area (Å²) in [7, 11) is -2.15. The zero-order valence-electron chi connectivity index (χ0n) is 21.7. The number of hydrogen-bond donors (Lipinski definition) is 2. The number of β-amino-alcohol motifs (C(OH)–C–C–N with tert-alkyl or cyclic N) is 1. The highest BCUT2D eigenvalue weighted by molar-refractivity contribution is 7.89. The summed E-state index contributed by atoms with van der Waals surface area (Å²) in [6.45, 7) is 9.01. The second-order valence-corrected chi connectivity index (χ2v) is 12.0. The van der Waals surface area contributed by atoms with E-state index in [1.165, 1.54) is 16.4 Å². The molecular weight excluding hydrogens is 523 g/mol. The van der Waals surface area contributed by atoms with Crippen LogP contribution in [0, 0.1) is 0 Å². The standard InChI is InChI=1S/C26H38Cl2N2O5S/c1-6-14-30(15-7-2)36(32,33)23-13-12-22(24(27)25(23)28)35-18-20(31)17-29-26(3,4)16-19-8-10-21(34-5)11-9-19/h8-13,20,29,31H,6-7,14-18H2,1-5H3/t20-/m1/s1. The average Bonchev–Trinajstić information content (AvgIpc) is 2.83.